The minimum Gasteiger partial charge on any atom is -0.493 e. The number of guanidine groups is 1. The molecule has 0 aromatic heterocycles. The van der Waals surface area contributed by atoms with Crippen LogP contribution in [-0.2, 0) is 0 Å². The molecule has 0 spiro atoms. The largest absolute Gasteiger partial charge is 0.493 e. The summed E-state index contributed by atoms with van der Waals surface area (Å²) in [7, 11) is 4.63. The number of rotatable bonds is 5. The lowest BCUT2D eigenvalue weighted by Crippen LogP contribution is -2.22. The molecule has 0 aliphatic carbocycles. The molecule has 0 bridgehead atoms. The third-order valence-electron chi connectivity index (χ3n) is 2.40. The summed E-state index contributed by atoms with van der Waals surface area (Å²) in [6.45, 7) is 1.77. The lowest BCUT2D eigenvalue weighted by atomic mass is 10.1. The van der Waals surface area contributed by atoms with E-state index >= 15 is 0 Å². The Balaban J connectivity index is 3.30. The van der Waals surface area contributed by atoms with Crippen molar-refractivity contribution in [3.05, 3.63) is 17.7 Å². The van der Waals surface area contributed by atoms with E-state index in [0.717, 1.165) is 5.56 Å². The van der Waals surface area contributed by atoms with Gasteiger partial charge in [0.25, 0.3) is 0 Å². The van der Waals surface area contributed by atoms with Gasteiger partial charge in [-0.2, -0.15) is 5.10 Å². The van der Waals surface area contributed by atoms with Crippen LogP contribution in [0.15, 0.2) is 22.3 Å². The van der Waals surface area contributed by atoms with Crippen LogP contribution in [-0.4, -0.2) is 33.0 Å². The summed E-state index contributed by atoms with van der Waals surface area (Å²) in [5, 5.41) is 7.50. The van der Waals surface area contributed by atoms with Crippen LogP contribution >= 0.6 is 0 Å². The van der Waals surface area contributed by atoms with Crippen LogP contribution in [0.3, 0.4) is 0 Å². The van der Waals surface area contributed by atoms with Gasteiger partial charge in [0.2, 0.25) is 11.7 Å². The SMILES string of the molecule is COc1cc(/C(C)=N\N=C(N)N)cc(OC)c1OC. The van der Waals surface area contributed by atoms with Crippen molar-refractivity contribution in [2.45, 2.75) is 6.92 Å². The van der Waals surface area contributed by atoms with E-state index in [1.165, 1.54) is 0 Å². The predicted octanol–water partition coefficient (Wildman–Crippen LogP) is 0.710. The molecule has 7 heteroatoms. The molecule has 0 unspecified atom stereocenters. The number of nitrogens with two attached hydrogens (primary N) is 2. The molecule has 0 heterocycles. The molecule has 0 saturated heterocycles. The van der Waals surface area contributed by atoms with Gasteiger partial charge in [0, 0.05) is 5.56 Å². The monoisotopic (exact) mass is 266 g/mol. The highest BCUT2D eigenvalue weighted by atomic mass is 16.5. The summed E-state index contributed by atoms with van der Waals surface area (Å²) in [6, 6.07) is 3.53. The van der Waals surface area contributed by atoms with Gasteiger partial charge in [0.15, 0.2) is 11.5 Å². The second-order valence-corrected chi connectivity index (χ2v) is 3.62. The van der Waals surface area contributed by atoms with Crippen molar-refractivity contribution >= 4 is 11.7 Å². The lowest BCUT2D eigenvalue weighted by Gasteiger charge is -2.13. The number of hydrogen-bond donors (Lipinski definition) is 2. The van der Waals surface area contributed by atoms with E-state index in [4.69, 9.17) is 25.7 Å². The maximum absolute atomic E-state index is 5.25. The van der Waals surface area contributed by atoms with Crippen molar-refractivity contribution in [1.29, 1.82) is 0 Å². The predicted molar refractivity (Wildman–Crippen MR) is 74.1 cm³/mol. The number of hydrogen-bond acceptors (Lipinski definition) is 5. The van der Waals surface area contributed by atoms with E-state index in [1.807, 2.05) is 0 Å². The second-order valence-electron chi connectivity index (χ2n) is 3.62. The third-order valence-corrected chi connectivity index (χ3v) is 2.40. The van der Waals surface area contributed by atoms with Crippen LogP contribution in [0.2, 0.25) is 0 Å². The van der Waals surface area contributed by atoms with Crippen molar-refractivity contribution in [1.82, 2.24) is 0 Å². The van der Waals surface area contributed by atoms with Gasteiger partial charge in [-0.15, -0.1) is 5.10 Å². The lowest BCUT2D eigenvalue weighted by molar-refractivity contribution is 0.324. The Morgan fingerprint density at radius 3 is 1.84 bits per heavy atom. The molecular formula is C12H18N4O3. The average Bonchev–Trinajstić information content (AvgIpc) is 2.42. The first-order valence-corrected chi connectivity index (χ1v) is 5.47. The molecule has 1 aromatic carbocycles. The van der Waals surface area contributed by atoms with E-state index in [9.17, 15) is 0 Å². The van der Waals surface area contributed by atoms with Gasteiger partial charge < -0.3 is 25.7 Å². The van der Waals surface area contributed by atoms with Crippen LogP contribution in [0.1, 0.15) is 12.5 Å². The Labute approximate surface area is 111 Å². The summed E-state index contributed by atoms with van der Waals surface area (Å²) in [6.07, 6.45) is 0. The quantitative estimate of drug-likeness (QED) is 0.464. The smallest absolute Gasteiger partial charge is 0.211 e. The fourth-order valence-electron chi connectivity index (χ4n) is 1.48. The van der Waals surface area contributed by atoms with Crippen molar-refractivity contribution in [2.75, 3.05) is 21.3 Å². The van der Waals surface area contributed by atoms with Gasteiger partial charge in [0.1, 0.15) is 0 Å². The van der Waals surface area contributed by atoms with Gasteiger partial charge in [-0.3, -0.25) is 0 Å². The van der Waals surface area contributed by atoms with Crippen molar-refractivity contribution in [2.24, 2.45) is 21.7 Å². The average molecular weight is 266 g/mol. The number of methoxy groups -OCH3 is 3. The van der Waals surface area contributed by atoms with Gasteiger partial charge in [-0.05, 0) is 19.1 Å². The summed E-state index contributed by atoms with van der Waals surface area (Å²) >= 11 is 0. The maximum atomic E-state index is 5.25. The molecule has 0 aliphatic heterocycles. The van der Waals surface area contributed by atoms with Gasteiger partial charge in [-0.25, -0.2) is 0 Å². The Morgan fingerprint density at radius 1 is 0.947 bits per heavy atom. The molecule has 0 amide bonds. The molecule has 0 radical (unpaired) electrons. The minimum atomic E-state index is -0.105. The van der Waals surface area contributed by atoms with Crippen molar-refractivity contribution in [3.8, 4) is 17.2 Å². The number of benzene rings is 1. The molecule has 104 valence electrons. The number of nitrogens with zero attached hydrogens (tertiary/aromatic N) is 2. The van der Waals surface area contributed by atoms with Crippen molar-refractivity contribution in [3.63, 3.8) is 0 Å². The molecular weight excluding hydrogens is 248 g/mol. The Bertz CT molecular complexity index is 483. The molecule has 0 fully saturated rings. The molecule has 7 nitrogen and oxygen atoms in total. The summed E-state index contributed by atoms with van der Waals surface area (Å²) in [4.78, 5) is 0. The van der Waals surface area contributed by atoms with Gasteiger partial charge in [0.05, 0.1) is 27.0 Å². The zero-order chi connectivity index (χ0) is 14.4. The van der Waals surface area contributed by atoms with E-state index in [1.54, 1.807) is 40.4 Å². The molecule has 0 saturated carbocycles. The highest BCUT2D eigenvalue weighted by Crippen LogP contribution is 2.38. The highest BCUT2D eigenvalue weighted by molar-refractivity contribution is 6.00. The minimum absolute atomic E-state index is 0.105. The van der Waals surface area contributed by atoms with Crippen LogP contribution in [0.4, 0.5) is 0 Å². The third kappa shape index (κ3) is 3.51. The van der Waals surface area contributed by atoms with E-state index < -0.39 is 0 Å². The fraction of sp³-hybridized carbons (Fsp3) is 0.333. The zero-order valence-corrected chi connectivity index (χ0v) is 11.4. The first-order valence-electron chi connectivity index (χ1n) is 5.47. The standard InChI is InChI=1S/C12H18N4O3/c1-7(15-16-12(13)14)8-5-9(17-2)11(19-4)10(6-8)18-3/h5-6H,1-4H3,(H4,13,14,16)/b15-7-. The Kier molecular flexibility index (Phi) is 4.99. The first kappa shape index (κ1) is 14.6. The zero-order valence-electron chi connectivity index (χ0n) is 11.4. The van der Waals surface area contributed by atoms with E-state index in [0.29, 0.717) is 23.0 Å². The van der Waals surface area contributed by atoms with Gasteiger partial charge >= 0.3 is 0 Å². The summed E-state index contributed by atoms with van der Waals surface area (Å²) in [5.74, 6) is 1.49. The molecule has 1 rings (SSSR count). The molecule has 19 heavy (non-hydrogen) atoms. The molecule has 0 atom stereocenters. The number of ether oxygens (including phenoxy) is 3. The maximum Gasteiger partial charge on any atom is 0.211 e. The van der Waals surface area contributed by atoms with Crippen LogP contribution in [0.5, 0.6) is 17.2 Å². The van der Waals surface area contributed by atoms with E-state index in [2.05, 4.69) is 10.2 Å². The molecule has 0 aliphatic rings. The van der Waals surface area contributed by atoms with Crippen LogP contribution in [0, 0.1) is 0 Å². The molecule has 4 N–H and O–H groups in total. The van der Waals surface area contributed by atoms with Crippen LogP contribution in [0.25, 0.3) is 0 Å². The van der Waals surface area contributed by atoms with Crippen molar-refractivity contribution < 1.29 is 14.2 Å². The summed E-state index contributed by atoms with van der Waals surface area (Å²) < 4.78 is 15.7. The Hall–Kier alpha value is -2.44. The first-order chi connectivity index (χ1) is 9.03. The highest BCUT2D eigenvalue weighted by Gasteiger charge is 2.14. The normalized spacial score (nSPS) is 10.8. The topological polar surface area (TPSA) is 104 Å². The van der Waals surface area contributed by atoms with Crippen LogP contribution < -0.4 is 25.7 Å². The Morgan fingerprint density at radius 2 is 1.47 bits per heavy atom. The van der Waals surface area contributed by atoms with Gasteiger partial charge in [-0.1, -0.05) is 0 Å². The second kappa shape index (κ2) is 6.48. The fourth-order valence-corrected chi connectivity index (χ4v) is 1.48. The van der Waals surface area contributed by atoms with E-state index in [-0.39, 0.29) is 5.96 Å². The molecule has 1 aromatic rings. The summed E-state index contributed by atoms with van der Waals surface area (Å²) in [5.41, 5.74) is 11.8.